The van der Waals surface area contributed by atoms with Gasteiger partial charge in [0.2, 0.25) is 0 Å². The van der Waals surface area contributed by atoms with Crippen LogP contribution in [0.25, 0.3) is 0 Å². The van der Waals surface area contributed by atoms with Gasteiger partial charge < -0.3 is 9.84 Å². The van der Waals surface area contributed by atoms with Crippen molar-refractivity contribution in [1.82, 2.24) is 4.90 Å². The number of carbonyl (C=O) groups excluding carboxylic acids is 1. The first kappa shape index (κ1) is 15.5. The summed E-state index contributed by atoms with van der Waals surface area (Å²) in [7, 11) is 0. The Morgan fingerprint density at radius 2 is 2.08 bits per heavy atom. The van der Waals surface area contributed by atoms with E-state index in [1.165, 1.54) is 19.3 Å². The van der Waals surface area contributed by atoms with Crippen molar-refractivity contribution >= 4 is 5.78 Å². The van der Waals surface area contributed by atoms with Gasteiger partial charge in [0, 0.05) is 35.8 Å². The van der Waals surface area contributed by atoms with Gasteiger partial charge in [-0.3, -0.25) is 9.69 Å². The van der Waals surface area contributed by atoms with Gasteiger partial charge in [0.05, 0.1) is 12.2 Å². The molecule has 8 fully saturated rings. The van der Waals surface area contributed by atoms with Crippen LogP contribution in [0.5, 0.6) is 0 Å². The molecule has 8 aliphatic rings. The van der Waals surface area contributed by atoms with Crippen LogP contribution in [0.2, 0.25) is 0 Å². The molecule has 10 atom stereocenters. The third kappa shape index (κ3) is 1.28. The maximum absolute atomic E-state index is 13.7. The second-order valence-corrected chi connectivity index (χ2v) is 11.5. The van der Waals surface area contributed by atoms with Crippen molar-refractivity contribution in [3.8, 4) is 0 Å². The Morgan fingerprint density at radius 1 is 1.23 bits per heavy atom. The zero-order chi connectivity index (χ0) is 17.7. The zero-order valence-electron chi connectivity index (χ0n) is 16.0. The summed E-state index contributed by atoms with van der Waals surface area (Å²) >= 11 is 0. The van der Waals surface area contributed by atoms with Crippen LogP contribution < -0.4 is 0 Å². The Morgan fingerprint density at radius 3 is 2.92 bits per heavy atom. The van der Waals surface area contributed by atoms with E-state index in [4.69, 9.17) is 4.74 Å². The van der Waals surface area contributed by atoms with Gasteiger partial charge in [0.25, 0.3) is 0 Å². The molecule has 4 nitrogen and oxygen atoms in total. The van der Waals surface area contributed by atoms with Crippen molar-refractivity contribution in [3.05, 3.63) is 0 Å². The van der Waals surface area contributed by atoms with Crippen LogP contribution in [0, 0.1) is 39.9 Å². The monoisotopic (exact) mass is 357 g/mol. The molecule has 8 unspecified atom stereocenters. The largest absolute Gasteiger partial charge is 0.390 e. The highest BCUT2D eigenvalue weighted by atomic mass is 16.5. The molecule has 142 valence electrons. The van der Waals surface area contributed by atoms with E-state index in [2.05, 4.69) is 18.7 Å². The smallest absolute Gasteiger partial charge is 0.137 e. The standard InChI is InChI=1S/C22H31NO3/c1-19-4-3-5-22-15-9-12-8-13(17(22)23-6-7-26-18(19)23)21(15,11-20(12,2)25)10-14(24)16(19)22/h12-13,15-18,25H,3-11H2,1-2H3/t12?,13?,15?,16?,17?,18?,19-,20-,21?,22?/m1/s1. The Hall–Kier alpha value is -0.450. The topological polar surface area (TPSA) is 49.8 Å². The Balaban J connectivity index is 1.52. The molecular formula is C22H31NO3. The lowest BCUT2D eigenvalue weighted by atomic mass is 9.38. The van der Waals surface area contributed by atoms with E-state index in [1.54, 1.807) is 0 Å². The van der Waals surface area contributed by atoms with Gasteiger partial charge >= 0.3 is 0 Å². The van der Waals surface area contributed by atoms with E-state index in [1.807, 2.05) is 0 Å². The molecule has 1 N–H and O–H groups in total. The fraction of sp³-hybridized carbons (Fsp3) is 0.955. The highest BCUT2D eigenvalue weighted by Crippen LogP contribution is 2.83. The number of Topliss-reactive ketones (excluding diaryl/α,β-unsaturated/α-hetero) is 1. The van der Waals surface area contributed by atoms with E-state index in [0.29, 0.717) is 29.6 Å². The SMILES string of the molecule is C[C@@]12CCCC34C(C5CC6CC3C5(CC(=O)C41)C[C@@]6(C)O)N1CCOC12. The first-order valence-corrected chi connectivity index (χ1v) is 11.0. The average molecular weight is 357 g/mol. The summed E-state index contributed by atoms with van der Waals surface area (Å²) in [4.78, 5) is 16.5. The predicted molar refractivity (Wildman–Crippen MR) is 95.1 cm³/mol. The lowest BCUT2D eigenvalue weighted by Crippen LogP contribution is -2.71. The van der Waals surface area contributed by atoms with Crippen molar-refractivity contribution in [2.45, 2.75) is 76.7 Å². The molecule has 0 aromatic carbocycles. The normalized spacial score (nSPS) is 67.6. The number of ketones is 1. The molecule has 0 amide bonds. The Labute approximate surface area is 155 Å². The summed E-state index contributed by atoms with van der Waals surface area (Å²) < 4.78 is 6.34. The minimum absolute atomic E-state index is 0.00316. The molecule has 6 bridgehead atoms. The van der Waals surface area contributed by atoms with Gasteiger partial charge in [-0.15, -0.1) is 0 Å². The highest BCUT2D eigenvalue weighted by molar-refractivity contribution is 5.86. The van der Waals surface area contributed by atoms with Crippen LogP contribution in [-0.2, 0) is 9.53 Å². The van der Waals surface area contributed by atoms with Crippen molar-refractivity contribution in [2.24, 2.45) is 39.9 Å². The van der Waals surface area contributed by atoms with Crippen molar-refractivity contribution in [3.63, 3.8) is 0 Å². The number of fused-ring (bicyclic) bond motifs is 4. The summed E-state index contributed by atoms with van der Waals surface area (Å²) in [6, 6.07) is 0.533. The van der Waals surface area contributed by atoms with E-state index in [0.717, 1.165) is 38.8 Å². The van der Waals surface area contributed by atoms with Crippen LogP contribution in [0.4, 0.5) is 0 Å². The van der Waals surface area contributed by atoms with Gasteiger partial charge in [-0.25, -0.2) is 0 Å². The van der Waals surface area contributed by atoms with Crippen molar-refractivity contribution < 1.29 is 14.6 Å². The third-order valence-corrected chi connectivity index (χ3v) is 10.8. The summed E-state index contributed by atoms with van der Waals surface area (Å²) in [5, 5.41) is 11.2. The molecule has 4 heteroatoms. The maximum Gasteiger partial charge on any atom is 0.137 e. The number of aliphatic hydroxyl groups is 1. The minimum atomic E-state index is -0.566. The molecular weight excluding hydrogens is 326 g/mol. The van der Waals surface area contributed by atoms with Gasteiger partial charge in [0.15, 0.2) is 0 Å². The van der Waals surface area contributed by atoms with Gasteiger partial charge in [-0.1, -0.05) is 13.3 Å². The van der Waals surface area contributed by atoms with Crippen LogP contribution in [0.3, 0.4) is 0 Å². The summed E-state index contributed by atoms with van der Waals surface area (Å²) in [6.45, 7) is 6.32. The van der Waals surface area contributed by atoms with E-state index >= 15 is 0 Å². The van der Waals surface area contributed by atoms with Crippen LogP contribution in [0.1, 0.15) is 58.8 Å². The molecule has 6 aliphatic carbocycles. The van der Waals surface area contributed by atoms with Crippen molar-refractivity contribution in [2.75, 3.05) is 13.2 Å². The third-order valence-electron chi connectivity index (χ3n) is 10.8. The minimum Gasteiger partial charge on any atom is -0.390 e. The summed E-state index contributed by atoms with van der Waals surface area (Å²) in [6.07, 6.45) is 7.70. The Kier molecular flexibility index (Phi) is 2.45. The highest BCUT2D eigenvalue weighted by Gasteiger charge is 2.84. The van der Waals surface area contributed by atoms with Crippen LogP contribution in [-0.4, -0.2) is 46.8 Å². The molecule has 2 aliphatic heterocycles. The van der Waals surface area contributed by atoms with E-state index < -0.39 is 5.60 Å². The number of rotatable bonds is 0. The molecule has 0 radical (unpaired) electrons. The molecule has 8 rings (SSSR count). The number of hydrogen-bond acceptors (Lipinski definition) is 4. The first-order chi connectivity index (χ1) is 12.3. The number of hydrogen-bond donors (Lipinski definition) is 1. The Bertz CT molecular complexity index is 735. The fourth-order valence-corrected chi connectivity index (χ4v) is 10.7. The number of nitrogens with zero attached hydrogens (tertiary/aromatic N) is 1. The zero-order valence-corrected chi connectivity index (χ0v) is 16.0. The fourth-order valence-electron chi connectivity index (χ4n) is 10.7. The predicted octanol–water partition coefficient (Wildman–Crippen LogP) is 2.59. The van der Waals surface area contributed by atoms with Crippen molar-refractivity contribution in [1.29, 1.82) is 0 Å². The molecule has 2 saturated heterocycles. The van der Waals surface area contributed by atoms with Gasteiger partial charge in [-0.2, -0.15) is 0 Å². The lowest BCUT2D eigenvalue weighted by Gasteiger charge is -2.68. The lowest BCUT2D eigenvalue weighted by molar-refractivity contribution is -0.240. The summed E-state index contributed by atoms with van der Waals surface area (Å²) in [5.74, 6) is 2.43. The quantitative estimate of drug-likeness (QED) is 0.724. The first-order valence-electron chi connectivity index (χ1n) is 11.0. The van der Waals surface area contributed by atoms with Gasteiger partial charge in [-0.05, 0) is 62.2 Å². The van der Waals surface area contributed by atoms with E-state index in [9.17, 15) is 9.90 Å². The number of ether oxygens (including phenoxy) is 1. The molecule has 0 aromatic heterocycles. The van der Waals surface area contributed by atoms with Gasteiger partial charge in [0.1, 0.15) is 12.0 Å². The molecule has 2 spiro atoms. The maximum atomic E-state index is 13.7. The second kappa shape index (κ2) is 4.11. The number of piperidine rings is 1. The number of carbonyl (C=O) groups is 1. The average Bonchev–Trinajstić information content (AvgIpc) is 3.04. The molecule has 6 saturated carbocycles. The molecule has 0 aromatic rings. The second-order valence-electron chi connectivity index (χ2n) is 11.5. The molecule has 26 heavy (non-hydrogen) atoms. The van der Waals surface area contributed by atoms with Crippen LogP contribution >= 0.6 is 0 Å². The summed E-state index contributed by atoms with van der Waals surface area (Å²) in [5.41, 5.74) is -0.305. The van der Waals surface area contributed by atoms with E-state index in [-0.39, 0.29) is 28.4 Å². The van der Waals surface area contributed by atoms with Crippen LogP contribution in [0.15, 0.2) is 0 Å². The molecule has 2 heterocycles.